The highest BCUT2D eigenvalue weighted by Crippen LogP contribution is 2.11. The Balaban J connectivity index is 2.47. The Labute approximate surface area is 87.9 Å². The molecule has 0 fully saturated rings. The molecule has 5 nitrogen and oxygen atoms in total. The number of aromatic nitrogens is 4. The summed E-state index contributed by atoms with van der Waals surface area (Å²) in [6, 6.07) is 0. The van der Waals surface area contributed by atoms with Crippen molar-refractivity contribution in [3.8, 4) is 0 Å². The molecule has 0 atom stereocenters. The van der Waals surface area contributed by atoms with Gasteiger partial charge in [0.05, 0.1) is 6.20 Å². The third-order valence-corrected chi connectivity index (χ3v) is 2.01. The van der Waals surface area contributed by atoms with Crippen LogP contribution >= 0.6 is 0 Å². The van der Waals surface area contributed by atoms with Crippen LogP contribution in [0.1, 0.15) is 5.82 Å². The SMILES string of the molecule is C=CCc1nc2nc(N(C)C)ncc2[nH]1. The summed E-state index contributed by atoms with van der Waals surface area (Å²) in [5, 5.41) is 0. The van der Waals surface area contributed by atoms with E-state index in [0.717, 1.165) is 11.3 Å². The van der Waals surface area contributed by atoms with Gasteiger partial charge in [0.15, 0.2) is 5.65 Å². The highest BCUT2D eigenvalue weighted by molar-refractivity contribution is 5.70. The van der Waals surface area contributed by atoms with Gasteiger partial charge in [-0.3, -0.25) is 0 Å². The normalized spacial score (nSPS) is 10.5. The number of hydrogen-bond donors (Lipinski definition) is 1. The number of H-pyrrole nitrogens is 1. The quantitative estimate of drug-likeness (QED) is 0.760. The summed E-state index contributed by atoms with van der Waals surface area (Å²) in [7, 11) is 3.80. The maximum Gasteiger partial charge on any atom is 0.226 e. The van der Waals surface area contributed by atoms with Gasteiger partial charge in [-0.25, -0.2) is 9.97 Å². The molecule has 0 unspecified atom stereocenters. The summed E-state index contributed by atoms with van der Waals surface area (Å²) in [4.78, 5) is 17.8. The van der Waals surface area contributed by atoms with Crippen molar-refractivity contribution in [1.29, 1.82) is 0 Å². The van der Waals surface area contributed by atoms with E-state index in [9.17, 15) is 0 Å². The lowest BCUT2D eigenvalue weighted by Crippen LogP contribution is -2.12. The molecule has 0 aliphatic rings. The van der Waals surface area contributed by atoms with E-state index in [4.69, 9.17) is 0 Å². The molecule has 2 rings (SSSR count). The van der Waals surface area contributed by atoms with E-state index in [1.807, 2.05) is 19.0 Å². The molecular formula is C10H13N5. The minimum Gasteiger partial charge on any atom is -0.347 e. The Hall–Kier alpha value is -1.91. The molecule has 78 valence electrons. The highest BCUT2D eigenvalue weighted by Gasteiger charge is 2.05. The average Bonchev–Trinajstić information content (AvgIpc) is 2.59. The molecule has 0 saturated carbocycles. The fraction of sp³-hybridized carbons (Fsp3) is 0.300. The van der Waals surface area contributed by atoms with Crippen molar-refractivity contribution in [2.24, 2.45) is 0 Å². The molecule has 0 aliphatic heterocycles. The van der Waals surface area contributed by atoms with Crippen LogP contribution in [0.5, 0.6) is 0 Å². The van der Waals surface area contributed by atoms with Crippen LogP contribution in [0.3, 0.4) is 0 Å². The first-order chi connectivity index (χ1) is 7.20. The molecule has 0 aliphatic carbocycles. The van der Waals surface area contributed by atoms with Crippen LogP contribution in [0.2, 0.25) is 0 Å². The second-order valence-corrected chi connectivity index (χ2v) is 3.48. The van der Waals surface area contributed by atoms with E-state index in [1.165, 1.54) is 0 Å². The predicted molar refractivity (Wildman–Crippen MR) is 59.9 cm³/mol. The van der Waals surface area contributed by atoms with Crippen LogP contribution in [0.15, 0.2) is 18.9 Å². The zero-order chi connectivity index (χ0) is 10.8. The Morgan fingerprint density at radius 3 is 2.93 bits per heavy atom. The molecule has 15 heavy (non-hydrogen) atoms. The first kappa shape index (κ1) is 9.64. The first-order valence-corrected chi connectivity index (χ1v) is 4.70. The molecule has 0 bridgehead atoms. The van der Waals surface area contributed by atoms with Crippen LogP contribution in [-0.4, -0.2) is 34.0 Å². The molecule has 0 spiro atoms. The van der Waals surface area contributed by atoms with E-state index >= 15 is 0 Å². The van der Waals surface area contributed by atoms with Crippen LogP contribution in [0.25, 0.3) is 11.2 Å². The number of nitrogens with zero attached hydrogens (tertiary/aromatic N) is 4. The Morgan fingerprint density at radius 2 is 2.27 bits per heavy atom. The van der Waals surface area contributed by atoms with Gasteiger partial charge < -0.3 is 9.88 Å². The Morgan fingerprint density at radius 1 is 1.47 bits per heavy atom. The average molecular weight is 203 g/mol. The van der Waals surface area contributed by atoms with E-state index in [-0.39, 0.29) is 0 Å². The van der Waals surface area contributed by atoms with Crippen LogP contribution in [0, 0.1) is 0 Å². The first-order valence-electron chi connectivity index (χ1n) is 4.70. The van der Waals surface area contributed by atoms with Gasteiger partial charge in [0.25, 0.3) is 0 Å². The van der Waals surface area contributed by atoms with Gasteiger partial charge >= 0.3 is 0 Å². The van der Waals surface area contributed by atoms with Crippen molar-refractivity contribution in [2.45, 2.75) is 6.42 Å². The number of hydrogen-bond acceptors (Lipinski definition) is 4. The summed E-state index contributed by atoms with van der Waals surface area (Å²) >= 11 is 0. The second-order valence-electron chi connectivity index (χ2n) is 3.48. The van der Waals surface area contributed by atoms with Gasteiger partial charge in [0, 0.05) is 20.5 Å². The number of aromatic amines is 1. The lowest BCUT2D eigenvalue weighted by Gasteiger charge is -2.07. The van der Waals surface area contributed by atoms with E-state index < -0.39 is 0 Å². The predicted octanol–water partition coefficient (Wildman–Crippen LogP) is 1.15. The topological polar surface area (TPSA) is 57.7 Å². The maximum absolute atomic E-state index is 4.34. The van der Waals surface area contributed by atoms with Gasteiger partial charge in [0.2, 0.25) is 5.95 Å². The van der Waals surface area contributed by atoms with Crippen molar-refractivity contribution in [2.75, 3.05) is 19.0 Å². The van der Waals surface area contributed by atoms with Crippen LogP contribution in [0.4, 0.5) is 5.95 Å². The Kier molecular flexibility index (Phi) is 2.37. The van der Waals surface area contributed by atoms with E-state index in [0.29, 0.717) is 18.0 Å². The van der Waals surface area contributed by atoms with Crippen molar-refractivity contribution >= 4 is 17.1 Å². The van der Waals surface area contributed by atoms with Gasteiger partial charge in [-0.15, -0.1) is 6.58 Å². The molecule has 2 aromatic rings. The molecule has 0 saturated heterocycles. The summed E-state index contributed by atoms with van der Waals surface area (Å²) in [6.07, 6.45) is 4.27. The van der Waals surface area contributed by atoms with Gasteiger partial charge in [-0.05, 0) is 0 Å². The van der Waals surface area contributed by atoms with Crippen molar-refractivity contribution in [3.05, 3.63) is 24.7 Å². The molecular weight excluding hydrogens is 190 g/mol. The molecule has 0 radical (unpaired) electrons. The molecule has 2 aromatic heterocycles. The molecule has 2 heterocycles. The fourth-order valence-corrected chi connectivity index (χ4v) is 1.30. The largest absolute Gasteiger partial charge is 0.347 e. The lowest BCUT2D eigenvalue weighted by atomic mass is 10.4. The maximum atomic E-state index is 4.34. The third kappa shape index (κ3) is 1.81. The Bertz CT molecular complexity index is 486. The standard InChI is InChI=1S/C10H13N5/c1-4-5-8-12-7-6-11-10(15(2)3)14-9(7)13-8/h4,6H,1,5H2,2-3H3,(H,11,12,13,14). The smallest absolute Gasteiger partial charge is 0.226 e. The molecule has 0 aromatic carbocycles. The lowest BCUT2D eigenvalue weighted by molar-refractivity contribution is 1.01. The number of imidazole rings is 1. The van der Waals surface area contributed by atoms with Gasteiger partial charge in [-0.2, -0.15) is 4.98 Å². The van der Waals surface area contributed by atoms with E-state index in [1.54, 1.807) is 12.3 Å². The van der Waals surface area contributed by atoms with Crippen molar-refractivity contribution < 1.29 is 0 Å². The number of fused-ring (bicyclic) bond motifs is 1. The summed E-state index contributed by atoms with van der Waals surface area (Å²) in [5.74, 6) is 1.53. The second kappa shape index (κ2) is 3.68. The molecule has 5 heteroatoms. The minimum atomic E-state index is 0.666. The fourth-order valence-electron chi connectivity index (χ4n) is 1.30. The van der Waals surface area contributed by atoms with Gasteiger partial charge in [0.1, 0.15) is 11.3 Å². The van der Waals surface area contributed by atoms with Crippen molar-refractivity contribution in [3.63, 3.8) is 0 Å². The molecule has 0 amide bonds. The zero-order valence-corrected chi connectivity index (χ0v) is 8.86. The summed E-state index contributed by atoms with van der Waals surface area (Å²) < 4.78 is 0. The van der Waals surface area contributed by atoms with Crippen LogP contribution in [-0.2, 0) is 6.42 Å². The zero-order valence-electron chi connectivity index (χ0n) is 8.86. The van der Waals surface area contributed by atoms with Gasteiger partial charge in [-0.1, -0.05) is 6.08 Å². The summed E-state index contributed by atoms with van der Waals surface area (Å²) in [6.45, 7) is 3.67. The summed E-state index contributed by atoms with van der Waals surface area (Å²) in [5.41, 5.74) is 1.56. The number of nitrogens with one attached hydrogen (secondary N) is 1. The van der Waals surface area contributed by atoms with Crippen LogP contribution < -0.4 is 4.90 Å². The van der Waals surface area contributed by atoms with Crippen molar-refractivity contribution in [1.82, 2.24) is 19.9 Å². The number of rotatable bonds is 3. The number of allylic oxidation sites excluding steroid dienone is 1. The highest BCUT2D eigenvalue weighted by atomic mass is 15.2. The van der Waals surface area contributed by atoms with E-state index in [2.05, 4.69) is 26.5 Å². The molecule has 1 N–H and O–H groups in total. The third-order valence-electron chi connectivity index (χ3n) is 2.01. The monoisotopic (exact) mass is 203 g/mol. The number of anilines is 1. The minimum absolute atomic E-state index is 0.666.